The van der Waals surface area contributed by atoms with Crippen LogP contribution >= 0.6 is 0 Å². The summed E-state index contributed by atoms with van der Waals surface area (Å²) in [6.07, 6.45) is -2.69. The normalized spacial score (nSPS) is 18.5. The van der Waals surface area contributed by atoms with E-state index in [2.05, 4.69) is 10.3 Å². The number of alkyl halides is 3. The summed E-state index contributed by atoms with van der Waals surface area (Å²) in [6.45, 7) is 3.00. The molecular weight excluding hydrogens is 325 g/mol. The summed E-state index contributed by atoms with van der Waals surface area (Å²) in [5.74, 6) is -0.708. The highest BCUT2D eigenvalue weighted by Gasteiger charge is 2.31. The number of nitrogens with one attached hydrogen (secondary N) is 1. The molecule has 1 N–H and O–H groups in total. The van der Waals surface area contributed by atoms with E-state index in [-0.39, 0.29) is 24.3 Å². The number of carbonyl (C=O) groups is 1. The van der Waals surface area contributed by atoms with Crippen molar-refractivity contribution in [3.05, 3.63) is 35.4 Å². The fourth-order valence-corrected chi connectivity index (χ4v) is 2.24. The van der Waals surface area contributed by atoms with Crippen molar-refractivity contribution in [2.75, 3.05) is 19.8 Å². The molecule has 1 saturated heterocycles. The van der Waals surface area contributed by atoms with Crippen molar-refractivity contribution in [3.63, 3.8) is 0 Å². The summed E-state index contributed by atoms with van der Waals surface area (Å²) in [7, 11) is 0. The van der Waals surface area contributed by atoms with Gasteiger partial charge in [-0.25, -0.2) is 4.99 Å². The summed E-state index contributed by atoms with van der Waals surface area (Å²) in [4.78, 5) is 16.3. The van der Waals surface area contributed by atoms with Crippen LogP contribution in [0.25, 0.3) is 0 Å². The second kappa shape index (κ2) is 8.14. The van der Waals surface area contributed by atoms with E-state index in [0.717, 1.165) is 25.0 Å². The Kier molecular flexibility index (Phi) is 6.19. The van der Waals surface area contributed by atoms with Gasteiger partial charge in [0.1, 0.15) is 0 Å². The lowest BCUT2D eigenvalue weighted by Gasteiger charge is -2.12. The number of hydrogen-bond donors (Lipinski definition) is 1. The summed E-state index contributed by atoms with van der Waals surface area (Å²) < 4.78 is 48.8. The van der Waals surface area contributed by atoms with Crippen LogP contribution in [0, 0.1) is 0 Å². The van der Waals surface area contributed by atoms with Crippen LogP contribution in [0.4, 0.5) is 13.2 Å². The first-order chi connectivity index (χ1) is 11.4. The molecule has 0 saturated carbocycles. The lowest BCUT2D eigenvalue weighted by atomic mass is 10.1. The van der Waals surface area contributed by atoms with Crippen molar-refractivity contribution >= 4 is 11.9 Å². The van der Waals surface area contributed by atoms with Crippen LogP contribution in [-0.4, -0.2) is 37.8 Å². The monoisotopic (exact) mass is 344 g/mol. The van der Waals surface area contributed by atoms with Crippen LogP contribution in [-0.2, 0) is 15.7 Å². The molecule has 0 aliphatic carbocycles. The molecule has 0 spiro atoms. The van der Waals surface area contributed by atoms with E-state index in [1.165, 1.54) is 12.1 Å². The van der Waals surface area contributed by atoms with Crippen molar-refractivity contribution in [2.24, 2.45) is 4.99 Å². The molecule has 0 bridgehead atoms. The predicted octanol–water partition coefficient (Wildman–Crippen LogP) is 3.01. The van der Waals surface area contributed by atoms with Gasteiger partial charge in [0.25, 0.3) is 11.9 Å². The Morgan fingerprint density at radius 1 is 1.46 bits per heavy atom. The third kappa shape index (κ3) is 5.23. The molecule has 1 heterocycles. The molecule has 132 valence electrons. The second-order valence-electron chi connectivity index (χ2n) is 5.25. The van der Waals surface area contributed by atoms with Gasteiger partial charge in [-0.1, -0.05) is 6.07 Å². The number of halogens is 3. The van der Waals surface area contributed by atoms with Crippen molar-refractivity contribution < 1.29 is 27.4 Å². The molecule has 1 atom stereocenters. The highest BCUT2D eigenvalue weighted by molar-refractivity contribution is 6.04. The Hall–Kier alpha value is -2.09. The van der Waals surface area contributed by atoms with E-state index in [0.29, 0.717) is 13.2 Å². The lowest BCUT2D eigenvalue weighted by molar-refractivity contribution is -0.137. The Balaban J connectivity index is 2.05. The van der Waals surface area contributed by atoms with Gasteiger partial charge in [0.2, 0.25) is 0 Å². The number of aliphatic imine (C=N–C) groups is 1. The number of rotatable bonds is 4. The van der Waals surface area contributed by atoms with E-state index in [1.54, 1.807) is 6.92 Å². The fourth-order valence-electron chi connectivity index (χ4n) is 2.24. The molecule has 1 aliphatic heterocycles. The molecule has 1 aromatic rings. The average molecular weight is 344 g/mol. The largest absolute Gasteiger partial charge is 0.465 e. The zero-order valence-corrected chi connectivity index (χ0v) is 13.2. The van der Waals surface area contributed by atoms with Crippen LogP contribution in [0.1, 0.15) is 35.7 Å². The van der Waals surface area contributed by atoms with Crippen LogP contribution < -0.4 is 5.32 Å². The molecule has 8 heteroatoms. The zero-order valence-electron chi connectivity index (χ0n) is 13.2. The molecule has 1 amide bonds. The van der Waals surface area contributed by atoms with Gasteiger partial charge in [0, 0.05) is 12.2 Å². The van der Waals surface area contributed by atoms with E-state index in [1.807, 2.05) is 0 Å². The van der Waals surface area contributed by atoms with Crippen LogP contribution in [0.15, 0.2) is 29.3 Å². The number of amidine groups is 1. The van der Waals surface area contributed by atoms with Gasteiger partial charge in [-0.2, -0.15) is 13.2 Å². The van der Waals surface area contributed by atoms with Gasteiger partial charge < -0.3 is 9.47 Å². The topological polar surface area (TPSA) is 59.9 Å². The maximum Gasteiger partial charge on any atom is 0.416 e. The predicted molar refractivity (Wildman–Crippen MR) is 81.8 cm³/mol. The lowest BCUT2D eigenvalue weighted by Crippen LogP contribution is -2.33. The highest BCUT2D eigenvalue weighted by atomic mass is 19.4. The van der Waals surface area contributed by atoms with Crippen LogP contribution in [0.5, 0.6) is 0 Å². The summed E-state index contributed by atoms with van der Waals surface area (Å²) in [5.41, 5.74) is -1.00. The first-order valence-corrected chi connectivity index (χ1v) is 7.67. The Morgan fingerprint density at radius 2 is 2.25 bits per heavy atom. The van der Waals surface area contributed by atoms with Gasteiger partial charge in [-0.05, 0) is 38.0 Å². The summed E-state index contributed by atoms with van der Waals surface area (Å²) in [6, 6.07) is 4.16. The molecule has 24 heavy (non-hydrogen) atoms. The molecular formula is C16H19F3N2O3. The number of hydrogen-bond acceptors (Lipinski definition) is 4. The fraction of sp³-hybridized carbons (Fsp3) is 0.500. The maximum absolute atomic E-state index is 12.7. The Labute approximate surface area is 137 Å². The standard InChI is InChI=1S/C16H19F3N2O3/c1-2-23-15(20-10-13-7-4-8-24-13)21-14(22)11-5-3-6-12(9-11)16(17,18)19/h3,5-6,9,13H,2,4,7-8,10H2,1H3,(H,20,21,22)/t13-/m0/s1. The van der Waals surface area contributed by atoms with Crippen molar-refractivity contribution in [2.45, 2.75) is 32.0 Å². The van der Waals surface area contributed by atoms with Crippen LogP contribution in [0.2, 0.25) is 0 Å². The van der Waals surface area contributed by atoms with Gasteiger partial charge >= 0.3 is 6.18 Å². The molecule has 1 aliphatic rings. The van der Waals surface area contributed by atoms with Gasteiger partial charge in [-0.3, -0.25) is 10.1 Å². The smallest absolute Gasteiger partial charge is 0.416 e. The minimum Gasteiger partial charge on any atom is -0.465 e. The summed E-state index contributed by atoms with van der Waals surface area (Å²) in [5, 5.41) is 2.40. The zero-order chi connectivity index (χ0) is 17.6. The molecule has 2 rings (SSSR count). The quantitative estimate of drug-likeness (QED) is 0.675. The average Bonchev–Trinajstić information content (AvgIpc) is 3.05. The third-order valence-electron chi connectivity index (χ3n) is 3.42. The minimum absolute atomic E-state index is 0.0181. The van der Waals surface area contributed by atoms with Crippen molar-refractivity contribution in [1.82, 2.24) is 5.32 Å². The first-order valence-electron chi connectivity index (χ1n) is 7.67. The molecule has 0 aromatic heterocycles. The molecule has 0 radical (unpaired) electrons. The Morgan fingerprint density at radius 3 is 2.88 bits per heavy atom. The van der Waals surface area contributed by atoms with Gasteiger partial charge in [-0.15, -0.1) is 0 Å². The van der Waals surface area contributed by atoms with Crippen molar-refractivity contribution in [1.29, 1.82) is 0 Å². The SMILES string of the molecule is CCOC(=NC[C@@H]1CCCO1)NC(=O)c1cccc(C(F)(F)F)c1. The Bertz CT molecular complexity index is 596. The summed E-state index contributed by atoms with van der Waals surface area (Å²) >= 11 is 0. The van der Waals surface area contributed by atoms with E-state index in [9.17, 15) is 18.0 Å². The minimum atomic E-state index is -4.51. The maximum atomic E-state index is 12.7. The number of benzene rings is 1. The van der Waals surface area contributed by atoms with Gasteiger partial charge in [0.05, 0.1) is 24.8 Å². The van der Waals surface area contributed by atoms with Gasteiger partial charge in [0.15, 0.2) is 0 Å². The number of nitrogens with zero attached hydrogens (tertiary/aromatic N) is 1. The number of ether oxygens (including phenoxy) is 2. The third-order valence-corrected chi connectivity index (χ3v) is 3.42. The highest BCUT2D eigenvalue weighted by Crippen LogP contribution is 2.29. The molecule has 1 fully saturated rings. The van der Waals surface area contributed by atoms with Crippen molar-refractivity contribution in [3.8, 4) is 0 Å². The van der Waals surface area contributed by atoms with E-state index >= 15 is 0 Å². The van der Waals surface area contributed by atoms with E-state index in [4.69, 9.17) is 9.47 Å². The molecule has 5 nitrogen and oxygen atoms in total. The number of carbonyl (C=O) groups excluding carboxylic acids is 1. The molecule has 1 aromatic carbocycles. The van der Waals surface area contributed by atoms with Crippen LogP contribution in [0.3, 0.4) is 0 Å². The van der Waals surface area contributed by atoms with E-state index < -0.39 is 17.6 Å². The number of amides is 1. The first kappa shape index (κ1) is 18.3. The second-order valence-corrected chi connectivity index (χ2v) is 5.25. The molecule has 0 unspecified atom stereocenters.